The highest BCUT2D eigenvalue weighted by Crippen LogP contribution is 2.28. The number of urea groups is 1. The number of carbonyl (C=O) groups excluding carboxylic acids is 3. The van der Waals surface area contributed by atoms with E-state index in [-0.39, 0.29) is 24.8 Å². The SMILES string of the molecule is COc1ccc2c(c1)C(=O)N(CC1(C#Cc3ccc(F)c(C)c3)NC(=O)NC1=O)C2. The summed E-state index contributed by atoms with van der Waals surface area (Å²) >= 11 is 0. The fourth-order valence-corrected chi connectivity index (χ4v) is 3.51. The summed E-state index contributed by atoms with van der Waals surface area (Å²) in [7, 11) is 1.51. The minimum Gasteiger partial charge on any atom is -0.497 e. The number of nitrogens with zero attached hydrogens (tertiary/aromatic N) is 1. The standard InChI is InChI=1S/C22H18FN3O4/c1-13-9-14(3-6-18(13)23)7-8-22(20(28)24-21(29)25-22)12-26-11-15-4-5-16(30-2)10-17(15)19(26)27/h3-6,9-10H,11-12H2,1-2H3,(H2,24,25,28,29). The predicted octanol–water partition coefficient (Wildman–Crippen LogP) is 1.73. The van der Waals surface area contributed by atoms with Gasteiger partial charge in [0, 0.05) is 17.7 Å². The number of fused-ring (bicyclic) bond motifs is 1. The van der Waals surface area contributed by atoms with Crippen LogP contribution in [0.5, 0.6) is 5.75 Å². The highest BCUT2D eigenvalue weighted by atomic mass is 19.1. The number of benzene rings is 2. The summed E-state index contributed by atoms with van der Waals surface area (Å²) in [5, 5.41) is 4.73. The lowest BCUT2D eigenvalue weighted by Crippen LogP contribution is -2.54. The van der Waals surface area contributed by atoms with Gasteiger partial charge in [0.25, 0.3) is 11.8 Å². The van der Waals surface area contributed by atoms with Gasteiger partial charge in [0.05, 0.1) is 13.7 Å². The molecule has 8 heteroatoms. The van der Waals surface area contributed by atoms with E-state index in [1.54, 1.807) is 31.2 Å². The van der Waals surface area contributed by atoms with E-state index in [0.717, 1.165) is 5.56 Å². The highest BCUT2D eigenvalue weighted by Gasteiger charge is 2.48. The number of aryl methyl sites for hydroxylation is 1. The summed E-state index contributed by atoms with van der Waals surface area (Å²) in [4.78, 5) is 38.8. The first-order valence-corrected chi connectivity index (χ1v) is 9.20. The lowest BCUT2D eigenvalue weighted by Gasteiger charge is -2.26. The number of methoxy groups -OCH3 is 1. The van der Waals surface area contributed by atoms with Crippen molar-refractivity contribution in [1.29, 1.82) is 0 Å². The number of halogens is 1. The van der Waals surface area contributed by atoms with E-state index in [1.165, 1.54) is 24.1 Å². The molecule has 0 saturated carbocycles. The van der Waals surface area contributed by atoms with Gasteiger partial charge in [-0.05, 0) is 48.4 Å². The zero-order valence-electron chi connectivity index (χ0n) is 16.3. The monoisotopic (exact) mass is 407 g/mol. The molecule has 152 valence electrons. The van der Waals surface area contributed by atoms with Crippen molar-refractivity contribution in [2.45, 2.75) is 19.0 Å². The Balaban J connectivity index is 1.65. The Labute approximate surface area is 172 Å². The molecule has 0 bridgehead atoms. The average Bonchev–Trinajstić information content (AvgIpc) is 3.18. The Hall–Kier alpha value is -3.86. The van der Waals surface area contributed by atoms with Gasteiger partial charge in [-0.25, -0.2) is 9.18 Å². The molecule has 30 heavy (non-hydrogen) atoms. The van der Waals surface area contributed by atoms with Gasteiger partial charge in [-0.2, -0.15) is 0 Å². The van der Waals surface area contributed by atoms with Gasteiger partial charge >= 0.3 is 6.03 Å². The van der Waals surface area contributed by atoms with Crippen molar-refractivity contribution >= 4 is 17.8 Å². The number of nitrogens with one attached hydrogen (secondary N) is 2. The van der Waals surface area contributed by atoms with E-state index in [0.29, 0.717) is 22.4 Å². The number of rotatable bonds is 3. The molecule has 4 amide bonds. The molecule has 0 aromatic heterocycles. The molecule has 0 aliphatic carbocycles. The van der Waals surface area contributed by atoms with Crippen LogP contribution in [0.2, 0.25) is 0 Å². The van der Waals surface area contributed by atoms with Crippen LogP contribution >= 0.6 is 0 Å². The summed E-state index contributed by atoms with van der Waals surface area (Å²) < 4.78 is 18.7. The van der Waals surface area contributed by atoms with Crippen LogP contribution in [0.25, 0.3) is 0 Å². The minimum absolute atomic E-state index is 0.131. The lowest BCUT2D eigenvalue weighted by atomic mass is 9.98. The molecule has 4 rings (SSSR count). The minimum atomic E-state index is -1.61. The van der Waals surface area contributed by atoms with Crippen LogP contribution < -0.4 is 15.4 Å². The zero-order valence-corrected chi connectivity index (χ0v) is 16.3. The smallest absolute Gasteiger partial charge is 0.323 e. The topological polar surface area (TPSA) is 87.7 Å². The highest BCUT2D eigenvalue weighted by molar-refractivity contribution is 6.10. The van der Waals surface area contributed by atoms with Crippen molar-refractivity contribution in [3.63, 3.8) is 0 Å². The number of carbonyl (C=O) groups is 3. The van der Waals surface area contributed by atoms with Gasteiger partial charge in [0.2, 0.25) is 5.54 Å². The molecule has 1 atom stereocenters. The maximum atomic E-state index is 13.5. The summed E-state index contributed by atoms with van der Waals surface area (Å²) in [5.41, 5.74) is 0.568. The first kappa shape index (κ1) is 19.5. The number of ether oxygens (including phenoxy) is 1. The van der Waals surface area contributed by atoms with Crippen molar-refractivity contribution in [3.8, 4) is 17.6 Å². The average molecular weight is 407 g/mol. The second-order valence-corrected chi connectivity index (χ2v) is 7.21. The number of hydrogen-bond donors (Lipinski definition) is 2. The van der Waals surface area contributed by atoms with Gasteiger partial charge < -0.3 is 15.0 Å². The normalized spacial score (nSPS) is 19.7. The molecule has 2 aliphatic heterocycles. The van der Waals surface area contributed by atoms with Crippen molar-refractivity contribution < 1.29 is 23.5 Å². The third-order valence-electron chi connectivity index (χ3n) is 5.14. The van der Waals surface area contributed by atoms with Gasteiger partial charge in [0.15, 0.2) is 0 Å². The lowest BCUT2D eigenvalue weighted by molar-refractivity contribution is -0.122. The molecular weight excluding hydrogens is 389 g/mol. The fraction of sp³-hybridized carbons (Fsp3) is 0.227. The summed E-state index contributed by atoms with van der Waals surface area (Å²) in [6.45, 7) is 1.75. The molecule has 2 N–H and O–H groups in total. The summed E-state index contributed by atoms with van der Waals surface area (Å²) in [6, 6.07) is 8.83. The Morgan fingerprint density at radius 2 is 2.00 bits per heavy atom. The molecule has 0 spiro atoms. The second kappa shape index (κ2) is 7.19. The van der Waals surface area contributed by atoms with Crippen LogP contribution in [0.15, 0.2) is 36.4 Å². The molecule has 2 aromatic rings. The molecule has 0 radical (unpaired) electrons. The van der Waals surface area contributed by atoms with Crippen molar-refractivity contribution in [2.24, 2.45) is 0 Å². The van der Waals surface area contributed by atoms with Gasteiger partial charge in [-0.3, -0.25) is 14.9 Å². The quantitative estimate of drug-likeness (QED) is 0.599. The van der Waals surface area contributed by atoms with E-state index >= 15 is 0 Å². The Morgan fingerprint density at radius 1 is 1.20 bits per heavy atom. The van der Waals surface area contributed by atoms with Crippen molar-refractivity contribution in [1.82, 2.24) is 15.5 Å². The predicted molar refractivity (Wildman–Crippen MR) is 105 cm³/mol. The molecule has 1 unspecified atom stereocenters. The van der Waals surface area contributed by atoms with Crippen LogP contribution in [-0.2, 0) is 11.3 Å². The van der Waals surface area contributed by atoms with Crippen molar-refractivity contribution in [3.05, 3.63) is 64.5 Å². The van der Waals surface area contributed by atoms with Gasteiger partial charge in [-0.1, -0.05) is 17.9 Å². The number of hydrogen-bond acceptors (Lipinski definition) is 4. The molecule has 2 aliphatic rings. The van der Waals surface area contributed by atoms with E-state index in [2.05, 4.69) is 22.5 Å². The van der Waals surface area contributed by atoms with E-state index in [1.807, 2.05) is 0 Å². The Kier molecular flexibility index (Phi) is 4.66. The van der Waals surface area contributed by atoms with Crippen LogP contribution in [0, 0.1) is 24.6 Å². The van der Waals surface area contributed by atoms with Crippen molar-refractivity contribution in [2.75, 3.05) is 13.7 Å². The van der Waals surface area contributed by atoms with Gasteiger partial charge in [-0.15, -0.1) is 0 Å². The van der Waals surface area contributed by atoms with E-state index in [4.69, 9.17) is 4.74 Å². The molecule has 2 heterocycles. The second-order valence-electron chi connectivity index (χ2n) is 7.21. The maximum Gasteiger partial charge on any atom is 0.323 e. The molecule has 2 aromatic carbocycles. The summed E-state index contributed by atoms with van der Waals surface area (Å²) in [5.74, 6) is 4.89. The van der Waals surface area contributed by atoms with E-state index in [9.17, 15) is 18.8 Å². The van der Waals surface area contributed by atoms with Gasteiger partial charge in [0.1, 0.15) is 11.6 Å². The molecule has 1 fully saturated rings. The third-order valence-corrected chi connectivity index (χ3v) is 5.14. The number of imide groups is 1. The first-order chi connectivity index (χ1) is 14.3. The van der Waals surface area contributed by atoms with Crippen LogP contribution in [0.1, 0.15) is 27.0 Å². The molecular formula is C22H18FN3O4. The first-order valence-electron chi connectivity index (χ1n) is 9.20. The zero-order chi connectivity index (χ0) is 21.5. The molecule has 1 saturated heterocycles. The summed E-state index contributed by atoms with van der Waals surface area (Å²) in [6.07, 6.45) is 0. The largest absolute Gasteiger partial charge is 0.497 e. The van der Waals surface area contributed by atoms with Crippen LogP contribution in [0.4, 0.5) is 9.18 Å². The third kappa shape index (κ3) is 3.35. The van der Waals surface area contributed by atoms with Crippen LogP contribution in [0.3, 0.4) is 0 Å². The maximum absolute atomic E-state index is 13.5. The Bertz CT molecular complexity index is 1150. The van der Waals surface area contributed by atoms with Crippen LogP contribution in [-0.4, -0.2) is 41.9 Å². The van der Waals surface area contributed by atoms with E-state index < -0.39 is 17.5 Å². The fourth-order valence-electron chi connectivity index (χ4n) is 3.51. The number of amides is 4. The Morgan fingerprint density at radius 3 is 2.67 bits per heavy atom. The molecule has 7 nitrogen and oxygen atoms in total.